The molecule has 1 aromatic rings. The summed E-state index contributed by atoms with van der Waals surface area (Å²) in [6, 6.07) is 7.13. The third-order valence-corrected chi connectivity index (χ3v) is 2.81. The molecule has 1 amide bonds. The molecule has 2 N–H and O–H groups in total. The molecule has 0 saturated carbocycles. The van der Waals surface area contributed by atoms with Gasteiger partial charge in [-0.25, -0.2) is 0 Å². The highest BCUT2D eigenvalue weighted by Crippen LogP contribution is 2.20. The molecular weight excluding hydrogens is 268 g/mol. The van der Waals surface area contributed by atoms with Gasteiger partial charge in [0, 0.05) is 17.6 Å². The average molecular weight is 294 g/mol. The van der Waals surface area contributed by atoms with Crippen molar-refractivity contribution < 1.29 is 14.6 Å². The van der Waals surface area contributed by atoms with Gasteiger partial charge in [-0.05, 0) is 38.4 Å². The molecule has 0 fully saturated rings. The first-order valence-electron chi connectivity index (χ1n) is 7.05. The van der Waals surface area contributed by atoms with Crippen molar-refractivity contribution in [1.82, 2.24) is 4.90 Å². The molecule has 0 aromatic heterocycles. The zero-order valence-electron chi connectivity index (χ0n) is 13.5. The standard InChI is InChI=1S/C16H26N2O3/c1-16(2,3)15(20)17-12-6-8-14(9-7-12)21-11-13(19)10-18(4)5/h6-9,13,19H,10-11H2,1-5H3,(H,17,20). The fourth-order valence-corrected chi connectivity index (χ4v) is 1.62. The van der Waals surface area contributed by atoms with Crippen LogP contribution in [-0.2, 0) is 4.79 Å². The fourth-order valence-electron chi connectivity index (χ4n) is 1.62. The van der Waals surface area contributed by atoms with Crippen LogP contribution in [0, 0.1) is 5.41 Å². The molecule has 0 aliphatic carbocycles. The monoisotopic (exact) mass is 294 g/mol. The van der Waals surface area contributed by atoms with Gasteiger partial charge in [-0.2, -0.15) is 0 Å². The number of amides is 1. The Balaban J connectivity index is 2.49. The summed E-state index contributed by atoms with van der Waals surface area (Å²) in [5.74, 6) is 0.638. The number of anilines is 1. The van der Waals surface area contributed by atoms with Gasteiger partial charge in [0.25, 0.3) is 0 Å². The van der Waals surface area contributed by atoms with Crippen LogP contribution in [0.5, 0.6) is 5.75 Å². The number of aliphatic hydroxyl groups excluding tert-OH is 1. The summed E-state index contributed by atoms with van der Waals surface area (Å²) in [5.41, 5.74) is 0.307. The van der Waals surface area contributed by atoms with E-state index in [4.69, 9.17) is 4.74 Å². The first kappa shape index (κ1) is 17.5. The van der Waals surface area contributed by atoms with Gasteiger partial charge in [0.2, 0.25) is 5.91 Å². The molecule has 5 heteroatoms. The Morgan fingerprint density at radius 3 is 2.33 bits per heavy atom. The lowest BCUT2D eigenvalue weighted by atomic mass is 9.95. The summed E-state index contributed by atoms with van der Waals surface area (Å²) in [6.45, 7) is 6.40. The first-order chi connectivity index (χ1) is 9.68. The van der Waals surface area contributed by atoms with E-state index in [1.165, 1.54) is 0 Å². The van der Waals surface area contributed by atoms with Gasteiger partial charge in [-0.3, -0.25) is 4.79 Å². The average Bonchev–Trinajstić information content (AvgIpc) is 2.36. The summed E-state index contributed by atoms with van der Waals surface area (Å²) in [5, 5.41) is 12.6. The highest BCUT2D eigenvalue weighted by Gasteiger charge is 2.21. The van der Waals surface area contributed by atoms with E-state index in [-0.39, 0.29) is 12.5 Å². The lowest BCUT2D eigenvalue weighted by Crippen LogP contribution is -2.30. The van der Waals surface area contributed by atoms with Crippen LogP contribution in [0.1, 0.15) is 20.8 Å². The molecule has 5 nitrogen and oxygen atoms in total. The lowest BCUT2D eigenvalue weighted by Gasteiger charge is -2.18. The van der Waals surface area contributed by atoms with E-state index in [9.17, 15) is 9.90 Å². The van der Waals surface area contributed by atoms with Gasteiger partial charge in [-0.1, -0.05) is 20.8 Å². The molecule has 21 heavy (non-hydrogen) atoms. The molecule has 0 spiro atoms. The summed E-state index contributed by atoms with van der Waals surface area (Å²) in [7, 11) is 3.80. The van der Waals surface area contributed by atoms with Crippen LogP contribution in [0.15, 0.2) is 24.3 Å². The number of likely N-dealkylation sites (N-methyl/N-ethyl adjacent to an activating group) is 1. The third kappa shape index (κ3) is 6.60. The second kappa shape index (κ2) is 7.43. The van der Waals surface area contributed by atoms with Crippen LogP contribution >= 0.6 is 0 Å². The number of nitrogens with one attached hydrogen (secondary N) is 1. The van der Waals surface area contributed by atoms with E-state index in [1.807, 2.05) is 39.8 Å². The van der Waals surface area contributed by atoms with Crippen LogP contribution in [0.25, 0.3) is 0 Å². The van der Waals surface area contributed by atoms with E-state index >= 15 is 0 Å². The van der Waals surface area contributed by atoms with E-state index in [2.05, 4.69) is 5.32 Å². The van der Waals surface area contributed by atoms with Crippen LogP contribution in [0.3, 0.4) is 0 Å². The van der Waals surface area contributed by atoms with E-state index in [0.717, 1.165) is 5.69 Å². The Morgan fingerprint density at radius 2 is 1.86 bits per heavy atom. The Morgan fingerprint density at radius 1 is 1.29 bits per heavy atom. The van der Waals surface area contributed by atoms with Crippen molar-refractivity contribution in [2.24, 2.45) is 5.41 Å². The second-order valence-electron chi connectivity index (χ2n) is 6.46. The van der Waals surface area contributed by atoms with Gasteiger partial charge < -0.3 is 20.1 Å². The summed E-state index contributed by atoms with van der Waals surface area (Å²) in [4.78, 5) is 13.8. The van der Waals surface area contributed by atoms with Crippen LogP contribution in [-0.4, -0.2) is 49.3 Å². The zero-order chi connectivity index (χ0) is 16.0. The van der Waals surface area contributed by atoms with Crippen molar-refractivity contribution in [2.45, 2.75) is 26.9 Å². The van der Waals surface area contributed by atoms with Gasteiger partial charge in [-0.15, -0.1) is 0 Å². The summed E-state index contributed by atoms with van der Waals surface area (Å²) < 4.78 is 5.51. The molecule has 118 valence electrons. The number of rotatable bonds is 6. The Labute approximate surface area is 126 Å². The van der Waals surface area contributed by atoms with E-state index in [1.54, 1.807) is 24.3 Å². The van der Waals surface area contributed by atoms with Crippen molar-refractivity contribution in [3.63, 3.8) is 0 Å². The number of benzene rings is 1. The minimum atomic E-state index is -0.528. The number of nitrogens with zero attached hydrogens (tertiary/aromatic N) is 1. The van der Waals surface area contributed by atoms with Crippen LogP contribution in [0.4, 0.5) is 5.69 Å². The quantitative estimate of drug-likeness (QED) is 0.842. The maximum absolute atomic E-state index is 11.9. The van der Waals surface area contributed by atoms with Crippen LogP contribution < -0.4 is 10.1 Å². The highest BCUT2D eigenvalue weighted by molar-refractivity contribution is 5.94. The van der Waals surface area contributed by atoms with Gasteiger partial charge in [0.1, 0.15) is 18.5 Å². The fraction of sp³-hybridized carbons (Fsp3) is 0.562. The summed E-state index contributed by atoms with van der Waals surface area (Å²) >= 11 is 0. The maximum atomic E-state index is 11.9. The molecule has 1 rings (SSSR count). The Kier molecular flexibility index (Phi) is 6.18. The van der Waals surface area contributed by atoms with Crippen molar-refractivity contribution in [1.29, 1.82) is 0 Å². The normalized spacial score (nSPS) is 13.1. The number of hydrogen-bond donors (Lipinski definition) is 2. The summed E-state index contributed by atoms with van der Waals surface area (Å²) in [6.07, 6.45) is -0.528. The molecule has 0 radical (unpaired) electrons. The molecule has 0 aliphatic rings. The molecule has 1 unspecified atom stereocenters. The maximum Gasteiger partial charge on any atom is 0.229 e. The van der Waals surface area contributed by atoms with E-state index < -0.39 is 11.5 Å². The largest absolute Gasteiger partial charge is 0.491 e. The van der Waals surface area contributed by atoms with Crippen molar-refractivity contribution >= 4 is 11.6 Å². The highest BCUT2D eigenvalue weighted by atomic mass is 16.5. The van der Waals surface area contributed by atoms with Crippen molar-refractivity contribution in [2.75, 3.05) is 32.6 Å². The molecule has 0 bridgehead atoms. The Bertz CT molecular complexity index is 450. The molecule has 1 aromatic carbocycles. The smallest absolute Gasteiger partial charge is 0.229 e. The molecule has 1 atom stereocenters. The predicted octanol–water partition coefficient (Wildman–Crippen LogP) is 1.97. The third-order valence-electron chi connectivity index (χ3n) is 2.81. The Hall–Kier alpha value is -1.59. The predicted molar refractivity (Wildman–Crippen MR) is 84.6 cm³/mol. The first-order valence-corrected chi connectivity index (χ1v) is 7.05. The number of carbonyl (C=O) groups is 1. The number of ether oxygens (including phenoxy) is 1. The second-order valence-corrected chi connectivity index (χ2v) is 6.46. The molecule has 0 aliphatic heterocycles. The van der Waals surface area contributed by atoms with Crippen molar-refractivity contribution in [3.8, 4) is 5.75 Å². The number of hydrogen-bond acceptors (Lipinski definition) is 4. The van der Waals surface area contributed by atoms with Crippen molar-refractivity contribution in [3.05, 3.63) is 24.3 Å². The topological polar surface area (TPSA) is 61.8 Å². The van der Waals surface area contributed by atoms with Gasteiger partial charge in [0.15, 0.2) is 0 Å². The SMILES string of the molecule is CN(C)CC(O)COc1ccc(NC(=O)C(C)(C)C)cc1. The minimum Gasteiger partial charge on any atom is -0.491 e. The number of carbonyl (C=O) groups excluding carboxylic acids is 1. The molecular formula is C16H26N2O3. The van der Waals surface area contributed by atoms with Gasteiger partial charge >= 0.3 is 0 Å². The van der Waals surface area contributed by atoms with Gasteiger partial charge in [0.05, 0.1) is 0 Å². The number of aliphatic hydroxyl groups is 1. The zero-order valence-corrected chi connectivity index (χ0v) is 13.5. The molecule has 0 heterocycles. The molecule has 0 saturated heterocycles. The van der Waals surface area contributed by atoms with Crippen LogP contribution in [0.2, 0.25) is 0 Å². The van der Waals surface area contributed by atoms with E-state index in [0.29, 0.717) is 12.3 Å². The lowest BCUT2D eigenvalue weighted by molar-refractivity contribution is -0.123. The minimum absolute atomic E-state index is 0.0300.